The van der Waals surface area contributed by atoms with Crippen LogP contribution < -0.4 is 11.1 Å². The number of hydrogen-bond acceptors (Lipinski definition) is 4. The maximum atomic E-state index is 5.79. The third-order valence-corrected chi connectivity index (χ3v) is 3.16. The third kappa shape index (κ3) is 2.39. The third-order valence-electron chi connectivity index (χ3n) is 2.70. The number of halogens is 1. The lowest BCUT2D eigenvalue weighted by atomic mass is 10.2. The Kier molecular flexibility index (Phi) is 2.87. The molecule has 0 radical (unpaired) electrons. The summed E-state index contributed by atoms with van der Waals surface area (Å²) in [5.74, 6) is 1.09. The largest absolute Gasteiger partial charge is 0.382 e. The van der Waals surface area contributed by atoms with Crippen molar-refractivity contribution in [1.29, 1.82) is 0 Å². The standard InChI is InChI=1S/C13H12BrN5/c1-8-4-9(14)6-10(5-8)17-12-13-16-2-3-19(13)7-11(15)18-12/h2-7H,15H2,1H3,(H,17,18). The minimum Gasteiger partial charge on any atom is -0.382 e. The molecule has 96 valence electrons. The average molecular weight is 318 g/mol. The van der Waals surface area contributed by atoms with Crippen molar-refractivity contribution in [2.75, 3.05) is 11.1 Å². The Morgan fingerprint density at radius 3 is 2.95 bits per heavy atom. The Morgan fingerprint density at radius 1 is 1.32 bits per heavy atom. The molecule has 3 aromatic rings. The van der Waals surface area contributed by atoms with E-state index in [9.17, 15) is 0 Å². The summed E-state index contributed by atoms with van der Waals surface area (Å²) >= 11 is 3.48. The van der Waals surface area contributed by atoms with Crippen LogP contribution >= 0.6 is 15.9 Å². The lowest BCUT2D eigenvalue weighted by molar-refractivity contribution is 1.14. The summed E-state index contributed by atoms with van der Waals surface area (Å²) in [5, 5.41) is 3.25. The lowest BCUT2D eigenvalue weighted by Gasteiger charge is -2.09. The van der Waals surface area contributed by atoms with Crippen LogP contribution in [0.2, 0.25) is 0 Å². The van der Waals surface area contributed by atoms with E-state index in [1.165, 1.54) is 0 Å². The van der Waals surface area contributed by atoms with Gasteiger partial charge in [-0.1, -0.05) is 15.9 Å². The van der Waals surface area contributed by atoms with E-state index in [0.717, 1.165) is 21.4 Å². The maximum Gasteiger partial charge on any atom is 0.180 e. The first-order chi connectivity index (χ1) is 9.11. The highest BCUT2D eigenvalue weighted by atomic mass is 79.9. The van der Waals surface area contributed by atoms with Gasteiger partial charge in [0.2, 0.25) is 0 Å². The molecule has 0 saturated heterocycles. The second-order valence-corrected chi connectivity index (χ2v) is 5.23. The molecule has 0 bridgehead atoms. The molecule has 2 aromatic heterocycles. The molecule has 19 heavy (non-hydrogen) atoms. The van der Waals surface area contributed by atoms with Crippen molar-refractivity contribution in [3.05, 3.63) is 46.8 Å². The van der Waals surface area contributed by atoms with E-state index in [1.807, 2.05) is 35.7 Å². The first-order valence-corrected chi connectivity index (χ1v) is 6.54. The summed E-state index contributed by atoms with van der Waals surface area (Å²) in [6.45, 7) is 2.04. The van der Waals surface area contributed by atoms with E-state index in [-0.39, 0.29) is 0 Å². The van der Waals surface area contributed by atoms with E-state index in [1.54, 1.807) is 12.4 Å². The van der Waals surface area contributed by atoms with Crippen LogP contribution in [0.5, 0.6) is 0 Å². The van der Waals surface area contributed by atoms with Gasteiger partial charge in [0.15, 0.2) is 11.5 Å². The van der Waals surface area contributed by atoms with Crippen LogP contribution in [0, 0.1) is 6.92 Å². The van der Waals surface area contributed by atoms with E-state index < -0.39 is 0 Å². The van der Waals surface area contributed by atoms with Gasteiger partial charge in [0, 0.05) is 22.6 Å². The van der Waals surface area contributed by atoms with E-state index >= 15 is 0 Å². The highest BCUT2D eigenvalue weighted by Gasteiger charge is 2.07. The van der Waals surface area contributed by atoms with Crippen LogP contribution in [0.1, 0.15) is 5.56 Å². The van der Waals surface area contributed by atoms with Gasteiger partial charge in [-0.3, -0.25) is 0 Å². The van der Waals surface area contributed by atoms with Crippen LogP contribution in [0.3, 0.4) is 0 Å². The van der Waals surface area contributed by atoms with Crippen LogP contribution in [-0.2, 0) is 0 Å². The zero-order valence-electron chi connectivity index (χ0n) is 10.3. The van der Waals surface area contributed by atoms with Crippen molar-refractivity contribution in [1.82, 2.24) is 14.4 Å². The second-order valence-electron chi connectivity index (χ2n) is 4.31. The molecule has 3 N–H and O–H groups in total. The van der Waals surface area contributed by atoms with Gasteiger partial charge in [0.05, 0.1) is 6.20 Å². The molecule has 2 heterocycles. The Balaban J connectivity index is 2.07. The van der Waals surface area contributed by atoms with Crippen LogP contribution in [0.15, 0.2) is 41.3 Å². The fourth-order valence-corrected chi connectivity index (χ4v) is 2.59. The summed E-state index contributed by atoms with van der Waals surface area (Å²) in [5.41, 5.74) is 8.62. The van der Waals surface area contributed by atoms with Gasteiger partial charge < -0.3 is 15.5 Å². The number of aryl methyl sites for hydroxylation is 1. The topological polar surface area (TPSA) is 68.2 Å². The van der Waals surface area contributed by atoms with Gasteiger partial charge in [0.1, 0.15) is 5.82 Å². The number of fused-ring (bicyclic) bond motifs is 1. The predicted octanol–water partition coefficient (Wildman–Crippen LogP) is 3.13. The smallest absolute Gasteiger partial charge is 0.180 e. The first-order valence-electron chi connectivity index (χ1n) is 5.75. The van der Waals surface area contributed by atoms with E-state index in [0.29, 0.717) is 11.6 Å². The van der Waals surface area contributed by atoms with E-state index in [4.69, 9.17) is 5.73 Å². The number of anilines is 3. The Hall–Kier alpha value is -2.08. The number of aromatic nitrogens is 3. The van der Waals surface area contributed by atoms with Crippen LogP contribution in [0.25, 0.3) is 5.65 Å². The quantitative estimate of drug-likeness (QED) is 0.762. The molecule has 6 heteroatoms. The lowest BCUT2D eigenvalue weighted by Crippen LogP contribution is -2.02. The highest BCUT2D eigenvalue weighted by Crippen LogP contribution is 2.24. The molecule has 0 spiro atoms. The fraction of sp³-hybridized carbons (Fsp3) is 0.0769. The van der Waals surface area contributed by atoms with Crippen molar-refractivity contribution >= 4 is 38.9 Å². The minimum atomic E-state index is 0.444. The number of benzene rings is 1. The van der Waals surface area contributed by atoms with Gasteiger partial charge in [-0.25, -0.2) is 9.97 Å². The predicted molar refractivity (Wildman–Crippen MR) is 79.6 cm³/mol. The molecular weight excluding hydrogens is 306 g/mol. The monoisotopic (exact) mass is 317 g/mol. The number of nitrogens with one attached hydrogen (secondary N) is 1. The van der Waals surface area contributed by atoms with Crippen molar-refractivity contribution in [3.63, 3.8) is 0 Å². The molecule has 0 atom stereocenters. The fourth-order valence-electron chi connectivity index (χ4n) is 1.98. The molecule has 3 rings (SSSR count). The Labute approximate surface area is 118 Å². The van der Waals surface area contributed by atoms with Gasteiger partial charge >= 0.3 is 0 Å². The number of nitrogens with zero attached hydrogens (tertiary/aromatic N) is 3. The van der Waals surface area contributed by atoms with Gasteiger partial charge in [-0.15, -0.1) is 0 Å². The molecule has 0 unspecified atom stereocenters. The normalized spacial score (nSPS) is 10.8. The summed E-state index contributed by atoms with van der Waals surface area (Å²) in [7, 11) is 0. The van der Waals surface area contributed by atoms with Gasteiger partial charge in [-0.2, -0.15) is 0 Å². The number of nitrogen functional groups attached to an aromatic ring is 1. The summed E-state index contributed by atoms with van der Waals surface area (Å²) in [6.07, 6.45) is 5.29. The summed E-state index contributed by atoms with van der Waals surface area (Å²) < 4.78 is 2.86. The van der Waals surface area contributed by atoms with Crippen molar-refractivity contribution in [2.24, 2.45) is 0 Å². The molecule has 1 aromatic carbocycles. The maximum absolute atomic E-state index is 5.79. The Morgan fingerprint density at radius 2 is 2.16 bits per heavy atom. The summed E-state index contributed by atoms with van der Waals surface area (Å²) in [4.78, 5) is 8.57. The minimum absolute atomic E-state index is 0.444. The molecule has 0 aliphatic rings. The van der Waals surface area contributed by atoms with Crippen LogP contribution in [0.4, 0.5) is 17.3 Å². The van der Waals surface area contributed by atoms with Crippen molar-refractivity contribution < 1.29 is 0 Å². The molecule has 0 amide bonds. The number of hydrogen-bond donors (Lipinski definition) is 2. The first kappa shape index (κ1) is 12.0. The van der Waals surface area contributed by atoms with Crippen LogP contribution in [-0.4, -0.2) is 14.4 Å². The zero-order chi connectivity index (χ0) is 13.4. The molecule has 5 nitrogen and oxygen atoms in total. The van der Waals surface area contributed by atoms with Crippen molar-refractivity contribution in [3.8, 4) is 0 Å². The number of imidazole rings is 1. The summed E-state index contributed by atoms with van der Waals surface area (Å²) in [6, 6.07) is 6.06. The highest BCUT2D eigenvalue weighted by molar-refractivity contribution is 9.10. The van der Waals surface area contributed by atoms with Gasteiger partial charge in [-0.05, 0) is 30.7 Å². The molecule has 0 saturated carbocycles. The molecule has 0 aliphatic carbocycles. The van der Waals surface area contributed by atoms with Gasteiger partial charge in [0.25, 0.3) is 0 Å². The molecule has 0 fully saturated rings. The molecular formula is C13H12BrN5. The molecule has 0 aliphatic heterocycles. The second kappa shape index (κ2) is 4.55. The zero-order valence-corrected chi connectivity index (χ0v) is 11.8. The Bertz CT molecular complexity index is 730. The number of nitrogens with two attached hydrogens (primary N) is 1. The average Bonchev–Trinajstić information content (AvgIpc) is 2.75. The SMILES string of the molecule is Cc1cc(Br)cc(Nc2nc(N)cn3ccnc23)c1. The van der Waals surface area contributed by atoms with Crippen molar-refractivity contribution in [2.45, 2.75) is 6.92 Å². The number of rotatable bonds is 2. The van der Waals surface area contributed by atoms with E-state index in [2.05, 4.69) is 31.2 Å².